The second-order valence-corrected chi connectivity index (χ2v) is 9.35. The van der Waals surface area contributed by atoms with Gasteiger partial charge in [0.25, 0.3) is 0 Å². The summed E-state index contributed by atoms with van der Waals surface area (Å²) in [5.41, 5.74) is 8.60. The van der Waals surface area contributed by atoms with Gasteiger partial charge in [-0.1, -0.05) is 6.07 Å². The van der Waals surface area contributed by atoms with Crippen LogP contribution in [0.2, 0.25) is 0 Å². The van der Waals surface area contributed by atoms with Crippen molar-refractivity contribution in [3.63, 3.8) is 0 Å². The summed E-state index contributed by atoms with van der Waals surface area (Å²) in [6.45, 7) is 0. The zero-order valence-corrected chi connectivity index (χ0v) is 15.8. The van der Waals surface area contributed by atoms with Crippen LogP contribution in [0.4, 0.5) is 5.69 Å². The number of nitrogens with one attached hydrogen (secondary N) is 1. The molecule has 2 bridgehead atoms. The normalized spacial score (nSPS) is 28.1. The van der Waals surface area contributed by atoms with Gasteiger partial charge in [-0.15, -0.1) is 0 Å². The van der Waals surface area contributed by atoms with Gasteiger partial charge >= 0.3 is 0 Å². The number of aliphatic hydroxyl groups excluding tert-OH is 1. The fourth-order valence-corrected chi connectivity index (χ4v) is 6.60. The van der Waals surface area contributed by atoms with Crippen molar-refractivity contribution in [3.8, 4) is 0 Å². The van der Waals surface area contributed by atoms with Crippen LogP contribution in [0.15, 0.2) is 21.6 Å². The third kappa shape index (κ3) is 2.24. The van der Waals surface area contributed by atoms with E-state index in [9.17, 15) is 5.11 Å². The zero-order valence-electron chi connectivity index (χ0n) is 15.0. The zero-order chi connectivity index (χ0) is 17.3. The van der Waals surface area contributed by atoms with Crippen LogP contribution < -0.4 is 4.72 Å². The Balaban J connectivity index is 1.30. The van der Waals surface area contributed by atoms with Gasteiger partial charge in [-0.25, -0.2) is 0 Å². The molecule has 0 amide bonds. The molecule has 3 unspecified atom stereocenters. The summed E-state index contributed by atoms with van der Waals surface area (Å²) >= 11 is 1.60. The Bertz CT molecular complexity index is 841. The van der Waals surface area contributed by atoms with Gasteiger partial charge in [-0.05, 0) is 92.0 Å². The average Bonchev–Trinajstić information content (AvgIpc) is 3.42. The predicted molar refractivity (Wildman–Crippen MR) is 104 cm³/mol. The van der Waals surface area contributed by atoms with Crippen molar-refractivity contribution in [1.29, 1.82) is 0 Å². The fraction of sp³-hybridized carbons (Fsp3) is 0.545. The lowest BCUT2D eigenvalue weighted by molar-refractivity contribution is 0.101. The van der Waals surface area contributed by atoms with Crippen molar-refractivity contribution in [2.24, 2.45) is 5.92 Å². The van der Waals surface area contributed by atoms with E-state index in [1.165, 1.54) is 61.8 Å². The molecule has 4 aliphatic carbocycles. The standard InChI is InChI=1S/C22H25NO2S/c24-21-14-7-8-15(10-14)22-18(21)11-19(25-22)26-23-20-16-5-1-3-12(16)9-13-4-2-6-17(13)20/h9,11,14-15,21,23-24H,1-8,10H2. The number of anilines is 1. The predicted octanol–water partition coefficient (Wildman–Crippen LogP) is 5.31. The molecule has 2 N–H and O–H groups in total. The van der Waals surface area contributed by atoms with Crippen LogP contribution >= 0.6 is 11.9 Å². The van der Waals surface area contributed by atoms with E-state index in [4.69, 9.17) is 4.42 Å². The molecular weight excluding hydrogens is 342 g/mol. The molecule has 1 heterocycles. The molecule has 6 rings (SSSR count). The van der Waals surface area contributed by atoms with E-state index in [0.29, 0.717) is 11.8 Å². The summed E-state index contributed by atoms with van der Waals surface area (Å²) in [6.07, 6.45) is 10.5. The van der Waals surface area contributed by atoms with E-state index in [2.05, 4.69) is 16.9 Å². The molecule has 1 saturated carbocycles. The number of hydrogen-bond acceptors (Lipinski definition) is 4. The minimum atomic E-state index is -0.327. The van der Waals surface area contributed by atoms with Crippen LogP contribution in [0.3, 0.4) is 0 Å². The second kappa shape index (κ2) is 5.80. The molecule has 4 aliphatic rings. The maximum absolute atomic E-state index is 10.6. The highest BCUT2D eigenvalue weighted by atomic mass is 32.2. The van der Waals surface area contributed by atoms with Gasteiger partial charge in [0.15, 0.2) is 5.09 Å². The Hall–Kier alpha value is -1.39. The lowest BCUT2D eigenvalue weighted by atomic mass is 9.86. The van der Waals surface area contributed by atoms with Crippen LogP contribution in [-0.4, -0.2) is 5.11 Å². The van der Waals surface area contributed by atoms with Crippen LogP contribution in [0, 0.1) is 5.92 Å². The first-order valence-electron chi connectivity index (χ1n) is 10.2. The summed E-state index contributed by atoms with van der Waals surface area (Å²) < 4.78 is 9.88. The number of benzene rings is 1. The first-order chi connectivity index (χ1) is 12.8. The lowest BCUT2D eigenvalue weighted by Gasteiger charge is -2.23. The molecule has 0 saturated heterocycles. The summed E-state index contributed by atoms with van der Waals surface area (Å²) in [5, 5.41) is 11.5. The van der Waals surface area contributed by atoms with Crippen molar-refractivity contribution in [2.75, 3.05) is 4.72 Å². The van der Waals surface area contributed by atoms with Gasteiger partial charge in [0, 0.05) is 23.4 Å². The van der Waals surface area contributed by atoms with Gasteiger partial charge in [0.2, 0.25) is 0 Å². The number of aliphatic hydroxyl groups is 1. The first-order valence-corrected chi connectivity index (χ1v) is 11.0. The number of aryl methyl sites for hydroxylation is 2. The Kier molecular flexibility index (Phi) is 3.49. The molecule has 1 aromatic heterocycles. The average molecular weight is 368 g/mol. The number of hydrogen-bond donors (Lipinski definition) is 2. The van der Waals surface area contributed by atoms with E-state index in [1.54, 1.807) is 23.1 Å². The largest absolute Gasteiger partial charge is 0.452 e. The van der Waals surface area contributed by atoms with Crippen molar-refractivity contribution in [1.82, 2.24) is 0 Å². The number of furan rings is 1. The Labute approximate surface area is 158 Å². The van der Waals surface area contributed by atoms with Crippen LogP contribution in [0.25, 0.3) is 0 Å². The molecule has 3 atom stereocenters. The van der Waals surface area contributed by atoms with Gasteiger partial charge in [0.1, 0.15) is 5.76 Å². The highest BCUT2D eigenvalue weighted by molar-refractivity contribution is 8.00. The second-order valence-electron chi connectivity index (χ2n) is 8.54. The lowest BCUT2D eigenvalue weighted by Crippen LogP contribution is -2.15. The summed E-state index contributed by atoms with van der Waals surface area (Å²) in [5.74, 6) is 2.02. The number of fused-ring (bicyclic) bond motifs is 6. The molecule has 2 aromatic rings. The van der Waals surface area contributed by atoms with Crippen LogP contribution in [-0.2, 0) is 25.7 Å². The molecule has 1 fully saturated rings. The minimum Gasteiger partial charge on any atom is -0.452 e. The summed E-state index contributed by atoms with van der Waals surface area (Å²) in [4.78, 5) is 0. The molecule has 136 valence electrons. The van der Waals surface area contributed by atoms with Gasteiger partial charge < -0.3 is 14.2 Å². The van der Waals surface area contributed by atoms with E-state index in [-0.39, 0.29) is 6.10 Å². The van der Waals surface area contributed by atoms with Crippen molar-refractivity contribution < 1.29 is 9.52 Å². The molecule has 0 aliphatic heterocycles. The minimum absolute atomic E-state index is 0.327. The molecule has 0 radical (unpaired) electrons. The molecule has 1 aromatic carbocycles. The fourth-order valence-electron chi connectivity index (χ4n) is 5.83. The summed E-state index contributed by atoms with van der Waals surface area (Å²) in [6, 6.07) is 4.56. The Morgan fingerprint density at radius 3 is 2.54 bits per heavy atom. The van der Waals surface area contributed by atoms with E-state index in [1.807, 2.05) is 0 Å². The van der Waals surface area contributed by atoms with Gasteiger partial charge in [-0.2, -0.15) is 0 Å². The molecular formula is C22H25NO2S. The summed E-state index contributed by atoms with van der Waals surface area (Å²) in [7, 11) is 0. The van der Waals surface area contributed by atoms with Crippen molar-refractivity contribution >= 4 is 17.6 Å². The Morgan fingerprint density at radius 2 is 1.77 bits per heavy atom. The van der Waals surface area contributed by atoms with E-state index >= 15 is 0 Å². The van der Waals surface area contributed by atoms with Crippen molar-refractivity contribution in [2.45, 2.75) is 74.9 Å². The monoisotopic (exact) mass is 367 g/mol. The topological polar surface area (TPSA) is 45.4 Å². The molecule has 0 spiro atoms. The maximum Gasteiger partial charge on any atom is 0.181 e. The molecule has 3 nitrogen and oxygen atoms in total. The quantitative estimate of drug-likeness (QED) is 0.722. The smallest absolute Gasteiger partial charge is 0.181 e. The van der Waals surface area contributed by atoms with Gasteiger partial charge in [0.05, 0.1) is 11.8 Å². The molecule has 26 heavy (non-hydrogen) atoms. The van der Waals surface area contributed by atoms with Crippen LogP contribution in [0.5, 0.6) is 0 Å². The first kappa shape index (κ1) is 15.6. The van der Waals surface area contributed by atoms with E-state index < -0.39 is 0 Å². The van der Waals surface area contributed by atoms with E-state index in [0.717, 1.165) is 29.3 Å². The highest BCUT2D eigenvalue weighted by Crippen LogP contribution is 2.53. The maximum atomic E-state index is 10.6. The SMILES string of the molecule is OC1c2cc(SNc3c4c(cc5c3CCC5)CCC4)oc2C2CCC1C2. The van der Waals surface area contributed by atoms with Gasteiger partial charge in [-0.3, -0.25) is 0 Å². The number of rotatable bonds is 3. The molecule has 4 heteroatoms. The Morgan fingerprint density at radius 1 is 1.00 bits per heavy atom. The third-order valence-corrected chi connectivity index (χ3v) is 7.81. The highest BCUT2D eigenvalue weighted by Gasteiger charge is 2.41. The third-order valence-electron chi connectivity index (χ3n) is 7.10. The van der Waals surface area contributed by atoms with Crippen molar-refractivity contribution in [3.05, 3.63) is 45.7 Å². The van der Waals surface area contributed by atoms with Crippen LogP contribution in [0.1, 0.15) is 77.7 Å².